The molecule has 0 amide bonds. The van der Waals surface area contributed by atoms with E-state index in [-0.39, 0.29) is 5.78 Å². The Hall–Kier alpha value is -1.20. The predicted molar refractivity (Wildman–Crippen MR) is 70.8 cm³/mol. The molecular formula is C12H10BrNO2S. The van der Waals surface area contributed by atoms with Crippen molar-refractivity contribution in [2.24, 2.45) is 0 Å². The van der Waals surface area contributed by atoms with E-state index in [0.29, 0.717) is 12.0 Å². The molecular weight excluding hydrogens is 302 g/mol. The minimum Gasteiger partial charge on any atom is -0.496 e. The molecule has 0 aliphatic carbocycles. The van der Waals surface area contributed by atoms with Crippen LogP contribution in [0, 0.1) is 0 Å². The first-order valence-electron chi connectivity index (χ1n) is 4.96. The highest BCUT2D eigenvalue weighted by Crippen LogP contribution is 2.26. The van der Waals surface area contributed by atoms with Gasteiger partial charge >= 0.3 is 0 Å². The van der Waals surface area contributed by atoms with Gasteiger partial charge in [-0.3, -0.25) is 4.79 Å². The number of thiazole rings is 1. The second kappa shape index (κ2) is 5.42. The third-order valence-electron chi connectivity index (χ3n) is 2.27. The monoisotopic (exact) mass is 311 g/mol. The molecule has 2 rings (SSSR count). The maximum atomic E-state index is 12.0. The van der Waals surface area contributed by atoms with Crippen LogP contribution in [0.2, 0.25) is 0 Å². The van der Waals surface area contributed by atoms with Gasteiger partial charge in [-0.1, -0.05) is 0 Å². The van der Waals surface area contributed by atoms with Crippen molar-refractivity contribution in [3.8, 4) is 5.75 Å². The normalized spacial score (nSPS) is 10.2. The number of benzene rings is 1. The van der Waals surface area contributed by atoms with E-state index >= 15 is 0 Å². The Morgan fingerprint density at radius 2 is 2.35 bits per heavy atom. The van der Waals surface area contributed by atoms with Crippen LogP contribution in [0.4, 0.5) is 0 Å². The Balaban J connectivity index is 2.17. The fourth-order valence-electron chi connectivity index (χ4n) is 1.42. The number of ketones is 1. The molecule has 0 spiro atoms. The van der Waals surface area contributed by atoms with Crippen molar-refractivity contribution in [3.05, 3.63) is 44.8 Å². The van der Waals surface area contributed by atoms with E-state index in [4.69, 9.17) is 4.74 Å². The van der Waals surface area contributed by atoms with Crippen LogP contribution in [0.5, 0.6) is 5.75 Å². The van der Waals surface area contributed by atoms with Crippen LogP contribution in [0.25, 0.3) is 0 Å². The van der Waals surface area contributed by atoms with E-state index in [1.54, 1.807) is 31.5 Å². The number of ether oxygens (including phenoxy) is 1. The van der Waals surface area contributed by atoms with Gasteiger partial charge in [0.2, 0.25) is 0 Å². The lowest BCUT2D eigenvalue weighted by atomic mass is 10.1. The van der Waals surface area contributed by atoms with Crippen molar-refractivity contribution in [1.82, 2.24) is 4.98 Å². The van der Waals surface area contributed by atoms with E-state index < -0.39 is 0 Å². The van der Waals surface area contributed by atoms with E-state index in [0.717, 1.165) is 15.2 Å². The quantitative estimate of drug-likeness (QED) is 0.813. The largest absolute Gasteiger partial charge is 0.496 e. The van der Waals surface area contributed by atoms with Crippen LogP contribution in [0.15, 0.2) is 34.2 Å². The summed E-state index contributed by atoms with van der Waals surface area (Å²) in [5.74, 6) is 0.777. The highest BCUT2D eigenvalue weighted by molar-refractivity contribution is 9.10. The standard InChI is InChI=1S/C12H10BrNO2S/c1-16-11-3-2-8(6-9(11)13)10(15)7-12-14-4-5-17-12/h2-6H,7H2,1H3. The second-order valence-corrected chi connectivity index (χ2v) is 5.21. The summed E-state index contributed by atoms with van der Waals surface area (Å²) >= 11 is 4.85. The number of carbonyl (C=O) groups excluding carboxylic acids is 1. The lowest BCUT2D eigenvalue weighted by molar-refractivity contribution is 0.0993. The Bertz CT molecular complexity index is 525. The minimum atomic E-state index is 0.0586. The summed E-state index contributed by atoms with van der Waals surface area (Å²) in [6, 6.07) is 5.31. The molecule has 2 aromatic rings. The zero-order chi connectivity index (χ0) is 12.3. The Morgan fingerprint density at radius 3 is 2.94 bits per heavy atom. The maximum absolute atomic E-state index is 12.0. The first-order valence-corrected chi connectivity index (χ1v) is 6.63. The van der Waals surface area contributed by atoms with Crippen molar-refractivity contribution in [1.29, 1.82) is 0 Å². The summed E-state index contributed by atoms with van der Waals surface area (Å²) in [7, 11) is 1.59. The molecule has 1 aromatic heterocycles. The van der Waals surface area contributed by atoms with E-state index in [1.807, 2.05) is 5.38 Å². The molecule has 0 N–H and O–H groups in total. The van der Waals surface area contributed by atoms with Gasteiger partial charge in [-0.05, 0) is 34.1 Å². The summed E-state index contributed by atoms with van der Waals surface area (Å²) < 4.78 is 5.90. The van der Waals surface area contributed by atoms with Crippen LogP contribution in [0.3, 0.4) is 0 Å². The molecule has 5 heteroatoms. The SMILES string of the molecule is COc1ccc(C(=O)Cc2nccs2)cc1Br. The van der Waals surface area contributed by atoms with Gasteiger partial charge in [-0.25, -0.2) is 4.98 Å². The number of rotatable bonds is 4. The number of halogens is 1. The first-order chi connectivity index (χ1) is 8.20. The summed E-state index contributed by atoms with van der Waals surface area (Å²) in [4.78, 5) is 16.1. The summed E-state index contributed by atoms with van der Waals surface area (Å²) in [5.41, 5.74) is 0.660. The molecule has 1 heterocycles. The van der Waals surface area contributed by atoms with E-state index in [2.05, 4.69) is 20.9 Å². The van der Waals surface area contributed by atoms with Gasteiger partial charge in [-0.15, -0.1) is 11.3 Å². The molecule has 3 nitrogen and oxygen atoms in total. The molecule has 88 valence electrons. The fourth-order valence-corrected chi connectivity index (χ4v) is 2.58. The third-order valence-corrected chi connectivity index (χ3v) is 3.67. The number of hydrogen-bond donors (Lipinski definition) is 0. The van der Waals surface area contributed by atoms with E-state index in [1.165, 1.54) is 11.3 Å². The molecule has 0 saturated carbocycles. The number of nitrogens with zero attached hydrogens (tertiary/aromatic N) is 1. The molecule has 17 heavy (non-hydrogen) atoms. The van der Waals surface area contributed by atoms with Gasteiger partial charge in [0.25, 0.3) is 0 Å². The molecule has 1 aromatic carbocycles. The van der Waals surface area contributed by atoms with Crippen molar-refractivity contribution < 1.29 is 9.53 Å². The number of hydrogen-bond acceptors (Lipinski definition) is 4. The molecule has 0 fully saturated rings. The Morgan fingerprint density at radius 1 is 1.53 bits per heavy atom. The molecule has 0 atom stereocenters. The molecule has 0 radical (unpaired) electrons. The smallest absolute Gasteiger partial charge is 0.169 e. The van der Waals surface area contributed by atoms with Gasteiger partial charge in [0.1, 0.15) is 10.8 Å². The van der Waals surface area contributed by atoms with Crippen LogP contribution < -0.4 is 4.74 Å². The zero-order valence-electron chi connectivity index (χ0n) is 9.14. The van der Waals surface area contributed by atoms with Gasteiger partial charge in [-0.2, -0.15) is 0 Å². The van der Waals surface area contributed by atoms with Crippen molar-refractivity contribution in [2.75, 3.05) is 7.11 Å². The third kappa shape index (κ3) is 2.92. The molecule has 0 unspecified atom stereocenters. The first kappa shape index (κ1) is 12.3. The van der Waals surface area contributed by atoms with Crippen LogP contribution in [-0.4, -0.2) is 17.9 Å². The average molecular weight is 312 g/mol. The van der Waals surface area contributed by atoms with Gasteiger partial charge in [0, 0.05) is 17.1 Å². The minimum absolute atomic E-state index is 0.0586. The van der Waals surface area contributed by atoms with Crippen molar-refractivity contribution >= 4 is 33.0 Å². The average Bonchev–Trinajstić information content (AvgIpc) is 2.81. The topological polar surface area (TPSA) is 39.2 Å². The molecule has 0 aliphatic heterocycles. The zero-order valence-corrected chi connectivity index (χ0v) is 11.5. The lowest BCUT2D eigenvalue weighted by Gasteiger charge is -2.05. The van der Waals surface area contributed by atoms with Crippen LogP contribution >= 0.6 is 27.3 Å². The van der Waals surface area contributed by atoms with E-state index in [9.17, 15) is 4.79 Å². The van der Waals surface area contributed by atoms with Crippen molar-refractivity contribution in [2.45, 2.75) is 6.42 Å². The summed E-state index contributed by atoms with van der Waals surface area (Å²) in [6.45, 7) is 0. The number of methoxy groups -OCH3 is 1. The highest BCUT2D eigenvalue weighted by atomic mass is 79.9. The lowest BCUT2D eigenvalue weighted by Crippen LogP contribution is -2.03. The Labute approximate surface area is 112 Å². The Kier molecular flexibility index (Phi) is 3.91. The van der Waals surface area contributed by atoms with Gasteiger partial charge in [0.15, 0.2) is 5.78 Å². The fraction of sp³-hybridized carbons (Fsp3) is 0.167. The molecule has 0 aliphatic rings. The summed E-state index contributed by atoms with van der Waals surface area (Å²) in [6.07, 6.45) is 2.05. The second-order valence-electron chi connectivity index (χ2n) is 3.38. The molecule has 0 saturated heterocycles. The maximum Gasteiger partial charge on any atom is 0.169 e. The number of aromatic nitrogens is 1. The van der Waals surface area contributed by atoms with Gasteiger partial charge in [0.05, 0.1) is 18.0 Å². The number of carbonyl (C=O) groups is 1. The van der Waals surface area contributed by atoms with Crippen LogP contribution in [-0.2, 0) is 6.42 Å². The van der Waals surface area contributed by atoms with Crippen LogP contribution in [0.1, 0.15) is 15.4 Å². The highest BCUT2D eigenvalue weighted by Gasteiger charge is 2.10. The number of Topliss-reactive ketones (excluding diaryl/α,β-unsaturated/α-hetero) is 1. The van der Waals surface area contributed by atoms with Crippen molar-refractivity contribution in [3.63, 3.8) is 0 Å². The molecule has 0 bridgehead atoms. The predicted octanol–water partition coefficient (Wildman–Crippen LogP) is 3.34. The summed E-state index contributed by atoms with van der Waals surface area (Å²) in [5, 5.41) is 2.70. The van der Waals surface area contributed by atoms with Gasteiger partial charge < -0.3 is 4.74 Å².